The van der Waals surface area contributed by atoms with E-state index in [4.69, 9.17) is 14.6 Å². The minimum absolute atomic E-state index is 0.153. The Labute approximate surface area is 84.5 Å². The Balaban J connectivity index is 3.27. The SMILES string of the molecule is CC(C)(C)OCCOC/C=C/C(=O)O. The van der Waals surface area contributed by atoms with Crippen LogP contribution in [0.5, 0.6) is 0 Å². The number of aliphatic carboxylic acids is 1. The van der Waals surface area contributed by atoms with Gasteiger partial charge in [-0.05, 0) is 20.8 Å². The Bertz CT molecular complexity index is 191. The zero-order valence-electron chi connectivity index (χ0n) is 8.95. The summed E-state index contributed by atoms with van der Waals surface area (Å²) in [7, 11) is 0. The summed E-state index contributed by atoms with van der Waals surface area (Å²) in [4.78, 5) is 10.1. The zero-order valence-corrected chi connectivity index (χ0v) is 8.95. The molecule has 0 fully saturated rings. The molecule has 0 rings (SSSR count). The maximum atomic E-state index is 10.1. The van der Waals surface area contributed by atoms with Crippen LogP contribution in [-0.4, -0.2) is 36.5 Å². The first-order valence-corrected chi connectivity index (χ1v) is 4.53. The molecule has 4 nitrogen and oxygen atoms in total. The molecule has 14 heavy (non-hydrogen) atoms. The van der Waals surface area contributed by atoms with E-state index < -0.39 is 5.97 Å². The Hall–Kier alpha value is -0.870. The van der Waals surface area contributed by atoms with Crippen LogP contribution < -0.4 is 0 Å². The average Bonchev–Trinajstić information content (AvgIpc) is 2.00. The topological polar surface area (TPSA) is 55.8 Å². The molecule has 0 radical (unpaired) electrons. The molecule has 82 valence electrons. The molecule has 0 atom stereocenters. The van der Waals surface area contributed by atoms with Crippen molar-refractivity contribution < 1.29 is 19.4 Å². The van der Waals surface area contributed by atoms with Crippen molar-refractivity contribution in [1.82, 2.24) is 0 Å². The van der Waals surface area contributed by atoms with E-state index in [0.29, 0.717) is 19.8 Å². The summed E-state index contributed by atoms with van der Waals surface area (Å²) in [6.07, 6.45) is 2.52. The molecular weight excluding hydrogens is 184 g/mol. The molecule has 0 saturated carbocycles. The van der Waals surface area contributed by atoms with Crippen LogP contribution in [0, 0.1) is 0 Å². The first-order valence-electron chi connectivity index (χ1n) is 4.53. The number of carbonyl (C=O) groups is 1. The lowest BCUT2D eigenvalue weighted by atomic mass is 10.2. The third-order valence-electron chi connectivity index (χ3n) is 1.24. The van der Waals surface area contributed by atoms with E-state index in [1.54, 1.807) is 0 Å². The number of hydrogen-bond donors (Lipinski definition) is 1. The third kappa shape index (κ3) is 11.1. The first kappa shape index (κ1) is 13.1. The lowest BCUT2D eigenvalue weighted by Crippen LogP contribution is -2.21. The normalized spacial score (nSPS) is 12.2. The molecule has 4 heteroatoms. The summed E-state index contributed by atoms with van der Waals surface area (Å²) < 4.78 is 10.5. The molecule has 0 aliphatic heterocycles. The standard InChI is InChI=1S/C10H18O4/c1-10(2,3)14-8-7-13-6-4-5-9(11)12/h4-5H,6-8H2,1-3H3,(H,11,12)/b5-4+. The largest absolute Gasteiger partial charge is 0.478 e. The molecule has 0 unspecified atom stereocenters. The van der Waals surface area contributed by atoms with Crippen molar-refractivity contribution in [3.63, 3.8) is 0 Å². The predicted octanol–water partition coefficient (Wildman–Crippen LogP) is 1.46. The highest BCUT2D eigenvalue weighted by Gasteiger charge is 2.08. The van der Waals surface area contributed by atoms with E-state index in [-0.39, 0.29) is 5.60 Å². The van der Waals surface area contributed by atoms with Gasteiger partial charge in [-0.1, -0.05) is 6.08 Å². The van der Waals surface area contributed by atoms with Gasteiger partial charge in [0.1, 0.15) is 0 Å². The summed E-state index contributed by atoms with van der Waals surface area (Å²) in [6.45, 7) is 7.21. The van der Waals surface area contributed by atoms with Crippen molar-refractivity contribution >= 4 is 5.97 Å². The molecule has 0 saturated heterocycles. The summed E-state index contributed by atoms with van der Waals surface area (Å²) >= 11 is 0. The molecular formula is C10H18O4. The van der Waals surface area contributed by atoms with E-state index in [9.17, 15) is 4.79 Å². The second kappa shape index (κ2) is 6.56. The monoisotopic (exact) mass is 202 g/mol. The van der Waals surface area contributed by atoms with Gasteiger partial charge in [-0.3, -0.25) is 0 Å². The average molecular weight is 202 g/mol. The highest BCUT2D eigenvalue weighted by molar-refractivity contribution is 5.79. The minimum atomic E-state index is -0.959. The van der Waals surface area contributed by atoms with Crippen molar-refractivity contribution in [3.05, 3.63) is 12.2 Å². The summed E-state index contributed by atoms with van der Waals surface area (Å²) in [5, 5.41) is 8.26. The minimum Gasteiger partial charge on any atom is -0.478 e. The fraction of sp³-hybridized carbons (Fsp3) is 0.700. The van der Waals surface area contributed by atoms with E-state index in [2.05, 4.69) is 0 Å². The fourth-order valence-corrected chi connectivity index (χ4v) is 0.707. The molecule has 0 aliphatic carbocycles. The summed E-state index contributed by atoms with van der Waals surface area (Å²) in [5.41, 5.74) is -0.153. The Morgan fingerprint density at radius 2 is 2.00 bits per heavy atom. The van der Waals surface area contributed by atoms with Crippen LogP contribution >= 0.6 is 0 Å². The number of hydrogen-bond acceptors (Lipinski definition) is 3. The molecule has 0 aromatic carbocycles. The van der Waals surface area contributed by atoms with Crippen molar-refractivity contribution in [2.45, 2.75) is 26.4 Å². The summed E-state index contributed by atoms with van der Waals surface area (Å²) in [5.74, 6) is -0.959. The van der Waals surface area contributed by atoms with Gasteiger partial charge in [0.25, 0.3) is 0 Å². The van der Waals surface area contributed by atoms with Gasteiger partial charge in [-0.2, -0.15) is 0 Å². The van der Waals surface area contributed by atoms with Crippen LogP contribution in [0.1, 0.15) is 20.8 Å². The van der Waals surface area contributed by atoms with Gasteiger partial charge >= 0.3 is 5.97 Å². The predicted molar refractivity (Wildman–Crippen MR) is 53.3 cm³/mol. The van der Waals surface area contributed by atoms with Crippen LogP contribution in [0.4, 0.5) is 0 Å². The molecule has 1 N–H and O–H groups in total. The number of rotatable bonds is 6. The maximum Gasteiger partial charge on any atom is 0.328 e. The number of carboxylic acids is 1. The van der Waals surface area contributed by atoms with E-state index in [0.717, 1.165) is 6.08 Å². The van der Waals surface area contributed by atoms with Crippen LogP contribution in [0.15, 0.2) is 12.2 Å². The zero-order chi connectivity index (χ0) is 11.0. The lowest BCUT2D eigenvalue weighted by Gasteiger charge is -2.19. The molecule has 0 spiro atoms. The fourth-order valence-electron chi connectivity index (χ4n) is 0.707. The van der Waals surface area contributed by atoms with Crippen LogP contribution in [-0.2, 0) is 14.3 Å². The molecule has 0 aromatic heterocycles. The van der Waals surface area contributed by atoms with Gasteiger partial charge in [0.2, 0.25) is 0 Å². The van der Waals surface area contributed by atoms with Gasteiger partial charge in [0.15, 0.2) is 0 Å². The van der Waals surface area contributed by atoms with Gasteiger partial charge in [-0.25, -0.2) is 4.79 Å². The van der Waals surface area contributed by atoms with E-state index in [1.165, 1.54) is 6.08 Å². The van der Waals surface area contributed by atoms with Crippen LogP contribution in [0.2, 0.25) is 0 Å². The number of carboxylic acid groups (broad SMARTS) is 1. The second-order valence-corrected chi connectivity index (χ2v) is 3.78. The van der Waals surface area contributed by atoms with Crippen LogP contribution in [0.3, 0.4) is 0 Å². The quantitative estimate of drug-likeness (QED) is 0.523. The van der Waals surface area contributed by atoms with Gasteiger partial charge in [0.05, 0.1) is 25.4 Å². The smallest absolute Gasteiger partial charge is 0.328 e. The van der Waals surface area contributed by atoms with Gasteiger partial charge in [0, 0.05) is 6.08 Å². The molecule has 0 aromatic rings. The molecule has 0 heterocycles. The first-order chi connectivity index (χ1) is 6.42. The summed E-state index contributed by atoms with van der Waals surface area (Å²) in [6, 6.07) is 0. The molecule has 0 aliphatic rings. The van der Waals surface area contributed by atoms with E-state index in [1.807, 2.05) is 20.8 Å². The van der Waals surface area contributed by atoms with Crippen molar-refractivity contribution in [2.24, 2.45) is 0 Å². The highest BCUT2D eigenvalue weighted by atomic mass is 16.5. The van der Waals surface area contributed by atoms with E-state index >= 15 is 0 Å². The third-order valence-corrected chi connectivity index (χ3v) is 1.24. The van der Waals surface area contributed by atoms with Gasteiger partial charge < -0.3 is 14.6 Å². The van der Waals surface area contributed by atoms with Crippen molar-refractivity contribution in [3.8, 4) is 0 Å². The Morgan fingerprint density at radius 3 is 2.50 bits per heavy atom. The molecule has 0 bridgehead atoms. The molecule has 0 amide bonds. The van der Waals surface area contributed by atoms with Gasteiger partial charge in [-0.15, -0.1) is 0 Å². The highest BCUT2D eigenvalue weighted by Crippen LogP contribution is 2.05. The van der Waals surface area contributed by atoms with Crippen LogP contribution in [0.25, 0.3) is 0 Å². The second-order valence-electron chi connectivity index (χ2n) is 3.78. The Kier molecular flexibility index (Phi) is 6.16. The van der Waals surface area contributed by atoms with Crippen molar-refractivity contribution in [2.75, 3.05) is 19.8 Å². The Morgan fingerprint density at radius 1 is 1.36 bits per heavy atom. The van der Waals surface area contributed by atoms with Crippen molar-refractivity contribution in [1.29, 1.82) is 0 Å². The maximum absolute atomic E-state index is 10.1. The number of ether oxygens (including phenoxy) is 2. The lowest BCUT2D eigenvalue weighted by molar-refractivity contribution is -0.131.